The van der Waals surface area contributed by atoms with Gasteiger partial charge in [0.05, 0.1) is 30.7 Å². The molecule has 0 radical (unpaired) electrons. The normalized spacial score (nSPS) is 43.2. The van der Waals surface area contributed by atoms with Crippen molar-refractivity contribution in [1.29, 1.82) is 0 Å². The monoisotopic (exact) mass is 198 g/mol. The van der Waals surface area contributed by atoms with Gasteiger partial charge >= 0.3 is 0 Å². The molecule has 80 valence electrons. The van der Waals surface area contributed by atoms with Crippen molar-refractivity contribution in [3.63, 3.8) is 0 Å². The third-order valence-corrected chi connectivity index (χ3v) is 3.03. The predicted molar refractivity (Wildman–Crippen MR) is 52.8 cm³/mol. The van der Waals surface area contributed by atoms with Gasteiger partial charge in [-0.05, 0) is 19.4 Å². The first-order valence-electron chi connectivity index (χ1n) is 5.29. The number of ether oxygens (including phenoxy) is 2. The van der Waals surface area contributed by atoms with Crippen LogP contribution in [0, 0.1) is 0 Å². The molecule has 3 heteroatoms. The van der Waals surface area contributed by atoms with Gasteiger partial charge in [0.25, 0.3) is 0 Å². The van der Waals surface area contributed by atoms with Crippen LogP contribution in [0.4, 0.5) is 0 Å². The Morgan fingerprint density at radius 1 is 1.36 bits per heavy atom. The van der Waals surface area contributed by atoms with Crippen LogP contribution in [0.15, 0.2) is 11.8 Å². The molecular formula is C11H18O3. The first-order valence-corrected chi connectivity index (χ1v) is 5.29. The Bertz CT molecular complexity index is 237. The van der Waals surface area contributed by atoms with Crippen molar-refractivity contribution in [2.45, 2.75) is 50.9 Å². The van der Waals surface area contributed by atoms with E-state index < -0.39 is 5.60 Å². The zero-order valence-corrected chi connectivity index (χ0v) is 8.82. The van der Waals surface area contributed by atoms with Gasteiger partial charge in [-0.25, -0.2) is 0 Å². The molecule has 0 spiro atoms. The van der Waals surface area contributed by atoms with Crippen molar-refractivity contribution in [2.24, 2.45) is 0 Å². The molecule has 1 saturated heterocycles. The maximum Gasteiger partial charge on any atom is 0.0939 e. The second kappa shape index (κ2) is 3.55. The summed E-state index contributed by atoms with van der Waals surface area (Å²) >= 11 is 0. The Morgan fingerprint density at radius 3 is 2.50 bits per heavy atom. The zero-order valence-electron chi connectivity index (χ0n) is 8.82. The molecule has 0 amide bonds. The molecule has 0 aliphatic carbocycles. The predicted octanol–water partition coefficient (Wildman–Crippen LogP) is 1.61. The van der Waals surface area contributed by atoms with Crippen LogP contribution in [0.3, 0.4) is 0 Å². The van der Waals surface area contributed by atoms with Crippen LogP contribution in [0.25, 0.3) is 0 Å². The average Bonchev–Trinajstić information content (AvgIpc) is 2.52. The van der Waals surface area contributed by atoms with E-state index in [2.05, 4.69) is 0 Å². The molecule has 0 aromatic heterocycles. The van der Waals surface area contributed by atoms with Gasteiger partial charge in [0.15, 0.2) is 0 Å². The summed E-state index contributed by atoms with van der Waals surface area (Å²) in [7, 11) is 0. The van der Waals surface area contributed by atoms with E-state index >= 15 is 0 Å². The number of hydrogen-bond acceptors (Lipinski definition) is 3. The van der Waals surface area contributed by atoms with Crippen molar-refractivity contribution in [3.05, 3.63) is 11.8 Å². The van der Waals surface area contributed by atoms with Crippen molar-refractivity contribution in [3.8, 4) is 0 Å². The lowest BCUT2D eigenvalue weighted by molar-refractivity contribution is -0.115. The van der Waals surface area contributed by atoms with Crippen molar-refractivity contribution in [1.82, 2.24) is 0 Å². The maximum absolute atomic E-state index is 10.5. The van der Waals surface area contributed by atoms with Crippen molar-refractivity contribution in [2.75, 3.05) is 6.61 Å². The van der Waals surface area contributed by atoms with Crippen LogP contribution in [-0.2, 0) is 9.47 Å². The summed E-state index contributed by atoms with van der Waals surface area (Å²) in [5, 5.41) is 10.5. The minimum atomic E-state index is -0.687. The fourth-order valence-corrected chi connectivity index (χ4v) is 2.52. The highest BCUT2D eigenvalue weighted by Crippen LogP contribution is 2.37. The highest BCUT2D eigenvalue weighted by Gasteiger charge is 2.40. The topological polar surface area (TPSA) is 38.7 Å². The van der Waals surface area contributed by atoms with Crippen molar-refractivity contribution < 1.29 is 14.6 Å². The Hall–Kier alpha value is -0.540. The van der Waals surface area contributed by atoms with E-state index in [1.54, 1.807) is 6.26 Å². The maximum atomic E-state index is 10.5. The van der Waals surface area contributed by atoms with Gasteiger partial charge in [-0.15, -0.1) is 0 Å². The van der Waals surface area contributed by atoms with Crippen LogP contribution >= 0.6 is 0 Å². The quantitative estimate of drug-likeness (QED) is 0.695. The Kier molecular flexibility index (Phi) is 2.54. The van der Waals surface area contributed by atoms with E-state index in [0.29, 0.717) is 19.4 Å². The summed E-state index contributed by atoms with van der Waals surface area (Å²) in [6.45, 7) is 4.73. The zero-order chi connectivity index (χ0) is 10.2. The molecular weight excluding hydrogens is 180 g/mol. The molecule has 1 fully saturated rings. The van der Waals surface area contributed by atoms with Crippen LogP contribution < -0.4 is 0 Å². The summed E-state index contributed by atoms with van der Waals surface area (Å²) in [6, 6.07) is 0. The van der Waals surface area contributed by atoms with Gasteiger partial charge in [0.1, 0.15) is 0 Å². The van der Waals surface area contributed by atoms with E-state index in [9.17, 15) is 5.11 Å². The molecule has 2 heterocycles. The minimum Gasteiger partial charge on any atom is -0.501 e. The summed E-state index contributed by atoms with van der Waals surface area (Å²) < 4.78 is 10.8. The summed E-state index contributed by atoms with van der Waals surface area (Å²) in [5.41, 5.74) is 0.354. The average molecular weight is 198 g/mol. The van der Waals surface area contributed by atoms with Crippen molar-refractivity contribution >= 4 is 0 Å². The fraction of sp³-hybridized carbons (Fsp3) is 0.818. The smallest absolute Gasteiger partial charge is 0.0939 e. The Labute approximate surface area is 84.7 Å². The van der Waals surface area contributed by atoms with Gasteiger partial charge in [0.2, 0.25) is 0 Å². The molecule has 2 aliphatic rings. The molecule has 0 aromatic rings. The molecule has 0 saturated carbocycles. The Morgan fingerprint density at radius 2 is 2.00 bits per heavy atom. The summed E-state index contributed by atoms with van der Waals surface area (Å²) in [4.78, 5) is 0. The van der Waals surface area contributed by atoms with Crippen LogP contribution in [-0.4, -0.2) is 29.5 Å². The highest BCUT2D eigenvalue weighted by molar-refractivity contribution is 5.19. The molecule has 0 bridgehead atoms. The largest absolute Gasteiger partial charge is 0.501 e. The highest BCUT2D eigenvalue weighted by atomic mass is 16.5. The SMILES string of the molecule is CC1CC(O)(C2=COCC2)CC(C)O1. The minimum absolute atomic E-state index is 0.130. The lowest BCUT2D eigenvalue weighted by Gasteiger charge is -2.39. The second-order valence-corrected chi connectivity index (χ2v) is 4.46. The Balaban J connectivity index is 2.13. The number of rotatable bonds is 1. The molecule has 2 rings (SSSR count). The first kappa shape index (κ1) is 9.99. The van der Waals surface area contributed by atoms with Crippen LogP contribution in [0.2, 0.25) is 0 Å². The summed E-state index contributed by atoms with van der Waals surface area (Å²) in [6.07, 6.45) is 4.22. The van der Waals surface area contributed by atoms with Crippen LogP contribution in [0.1, 0.15) is 33.1 Å². The molecule has 2 atom stereocenters. The lowest BCUT2D eigenvalue weighted by Crippen LogP contribution is -2.44. The second-order valence-electron chi connectivity index (χ2n) is 4.46. The standard InChI is InChI=1S/C11H18O3/c1-8-5-11(12,6-9(2)14-8)10-3-4-13-7-10/h7-9,12H,3-6H2,1-2H3. The van der Waals surface area contributed by atoms with Gasteiger partial charge in [0, 0.05) is 19.3 Å². The molecule has 1 N–H and O–H groups in total. The van der Waals surface area contributed by atoms with Gasteiger partial charge < -0.3 is 14.6 Å². The first-order chi connectivity index (χ1) is 6.60. The van der Waals surface area contributed by atoms with Crippen LogP contribution in [0.5, 0.6) is 0 Å². The molecule has 2 aliphatic heterocycles. The molecule has 3 nitrogen and oxygen atoms in total. The molecule has 2 unspecified atom stereocenters. The van der Waals surface area contributed by atoms with Gasteiger partial charge in [-0.1, -0.05) is 0 Å². The van der Waals surface area contributed by atoms with E-state index in [4.69, 9.17) is 9.47 Å². The van der Waals surface area contributed by atoms with E-state index in [0.717, 1.165) is 12.0 Å². The fourth-order valence-electron chi connectivity index (χ4n) is 2.52. The molecule has 0 aromatic carbocycles. The summed E-state index contributed by atoms with van der Waals surface area (Å²) in [5.74, 6) is 0. The van der Waals surface area contributed by atoms with E-state index in [1.807, 2.05) is 13.8 Å². The third-order valence-electron chi connectivity index (χ3n) is 3.03. The lowest BCUT2D eigenvalue weighted by atomic mass is 9.81. The third kappa shape index (κ3) is 1.79. The number of hydrogen-bond donors (Lipinski definition) is 1. The van der Waals surface area contributed by atoms with E-state index in [1.165, 1.54) is 0 Å². The van der Waals surface area contributed by atoms with E-state index in [-0.39, 0.29) is 12.2 Å². The van der Waals surface area contributed by atoms with Gasteiger partial charge in [-0.3, -0.25) is 0 Å². The number of aliphatic hydroxyl groups is 1. The van der Waals surface area contributed by atoms with Gasteiger partial charge in [-0.2, -0.15) is 0 Å². The molecule has 14 heavy (non-hydrogen) atoms.